The number of aromatic nitrogens is 4. The molecule has 0 amide bonds. The molecule has 1 fully saturated rings. The van der Waals surface area contributed by atoms with Gasteiger partial charge in [0.1, 0.15) is 11.6 Å². The van der Waals surface area contributed by atoms with Gasteiger partial charge in [-0.15, -0.1) is 0 Å². The van der Waals surface area contributed by atoms with Crippen LogP contribution in [0.3, 0.4) is 0 Å². The van der Waals surface area contributed by atoms with Gasteiger partial charge in [0.05, 0.1) is 15.6 Å². The van der Waals surface area contributed by atoms with Crippen LogP contribution < -0.4 is 10.2 Å². The first kappa shape index (κ1) is 23.7. The van der Waals surface area contributed by atoms with Crippen molar-refractivity contribution in [2.24, 2.45) is 0 Å². The molecule has 35 heavy (non-hydrogen) atoms. The number of benzene rings is 2. The molecule has 0 saturated carbocycles. The zero-order valence-corrected chi connectivity index (χ0v) is 21.2. The van der Waals surface area contributed by atoms with Crippen LogP contribution >= 0.6 is 35.0 Å². The molecular formula is C25H22Cl2N6OS. The highest BCUT2D eigenvalue weighted by atomic mass is 35.5. The Kier molecular flexibility index (Phi) is 6.95. The lowest BCUT2D eigenvalue weighted by molar-refractivity contribution is 0.0993. The first-order chi connectivity index (χ1) is 16.9. The highest BCUT2D eigenvalue weighted by Crippen LogP contribution is 2.31. The van der Waals surface area contributed by atoms with Crippen LogP contribution in [0.4, 0.5) is 17.5 Å². The maximum absolute atomic E-state index is 12.7. The molecule has 3 heterocycles. The molecule has 0 radical (unpaired) electrons. The monoisotopic (exact) mass is 524 g/mol. The van der Waals surface area contributed by atoms with Crippen molar-refractivity contribution in [3.63, 3.8) is 0 Å². The molecule has 0 bridgehead atoms. The van der Waals surface area contributed by atoms with Crippen LogP contribution in [0.2, 0.25) is 10.0 Å². The van der Waals surface area contributed by atoms with Gasteiger partial charge in [0.25, 0.3) is 0 Å². The van der Waals surface area contributed by atoms with Gasteiger partial charge in [-0.25, -0.2) is 9.97 Å². The Morgan fingerprint density at radius 1 is 1.06 bits per heavy atom. The molecule has 5 rings (SSSR count). The lowest BCUT2D eigenvalue weighted by atomic mass is 10.0. The number of hydrogen-bond donors (Lipinski definition) is 2. The van der Waals surface area contributed by atoms with E-state index in [4.69, 9.17) is 28.2 Å². The molecule has 2 N–H and O–H groups in total. The van der Waals surface area contributed by atoms with E-state index in [9.17, 15) is 4.79 Å². The van der Waals surface area contributed by atoms with Gasteiger partial charge >= 0.3 is 0 Å². The van der Waals surface area contributed by atoms with E-state index >= 15 is 0 Å². The molecule has 2 aromatic heterocycles. The minimum Gasteiger partial charge on any atom is -0.356 e. The molecule has 7 nitrogen and oxygen atoms in total. The smallest absolute Gasteiger partial charge is 0.196 e. The van der Waals surface area contributed by atoms with Gasteiger partial charge in [-0.3, -0.25) is 9.89 Å². The highest BCUT2D eigenvalue weighted by molar-refractivity contribution is 7.99. The summed E-state index contributed by atoms with van der Waals surface area (Å²) in [7, 11) is 0. The van der Waals surface area contributed by atoms with E-state index in [1.807, 2.05) is 43.3 Å². The fourth-order valence-electron chi connectivity index (χ4n) is 3.66. The van der Waals surface area contributed by atoms with Gasteiger partial charge in [0, 0.05) is 42.2 Å². The third kappa shape index (κ3) is 5.61. The summed E-state index contributed by atoms with van der Waals surface area (Å²) in [6, 6.07) is 16.7. The second kappa shape index (κ2) is 10.3. The van der Waals surface area contributed by atoms with E-state index in [0.29, 0.717) is 32.4 Å². The second-order valence-electron chi connectivity index (χ2n) is 8.24. The quantitative estimate of drug-likeness (QED) is 0.205. The molecule has 2 aromatic carbocycles. The first-order valence-electron chi connectivity index (χ1n) is 11.1. The van der Waals surface area contributed by atoms with E-state index < -0.39 is 0 Å². The van der Waals surface area contributed by atoms with Crippen LogP contribution in [0.15, 0.2) is 64.6 Å². The van der Waals surface area contributed by atoms with Crippen LogP contribution in [0.1, 0.15) is 28.0 Å². The highest BCUT2D eigenvalue weighted by Gasteiger charge is 2.19. The average Bonchev–Trinajstić information content (AvgIpc) is 3.18. The molecule has 1 aliphatic heterocycles. The van der Waals surface area contributed by atoms with Crippen molar-refractivity contribution in [1.29, 1.82) is 0 Å². The third-order valence-electron chi connectivity index (χ3n) is 5.57. The van der Waals surface area contributed by atoms with E-state index in [2.05, 4.69) is 25.4 Å². The lowest BCUT2D eigenvalue weighted by Gasteiger charge is -2.32. The summed E-state index contributed by atoms with van der Waals surface area (Å²) >= 11 is 13.8. The maximum atomic E-state index is 12.7. The van der Waals surface area contributed by atoms with Crippen molar-refractivity contribution in [3.05, 3.63) is 81.5 Å². The van der Waals surface area contributed by atoms with Crippen LogP contribution in [-0.2, 0) is 6.42 Å². The van der Waals surface area contributed by atoms with Gasteiger partial charge in [-0.1, -0.05) is 41.4 Å². The van der Waals surface area contributed by atoms with Crippen molar-refractivity contribution < 1.29 is 4.79 Å². The molecule has 10 heteroatoms. The van der Waals surface area contributed by atoms with Crippen LogP contribution in [0.25, 0.3) is 0 Å². The van der Waals surface area contributed by atoms with Crippen molar-refractivity contribution in [2.45, 2.75) is 29.8 Å². The van der Waals surface area contributed by atoms with E-state index in [0.717, 1.165) is 41.5 Å². The van der Waals surface area contributed by atoms with Gasteiger partial charge < -0.3 is 10.2 Å². The molecule has 0 unspecified atom stereocenters. The van der Waals surface area contributed by atoms with Crippen LogP contribution in [0.5, 0.6) is 0 Å². The number of anilines is 3. The Balaban J connectivity index is 1.32. The van der Waals surface area contributed by atoms with Crippen LogP contribution in [0, 0.1) is 6.92 Å². The summed E-state index contributed by atoms with van der Waals surface area (Å²) in [6.45, 7) is 3.92. The van der Waals surface area contributed by atoms with E-state index in [1.54, 1.807) is 18.2 Å². The number of hydrogen-bond acceptors (Lipinski definition) is 7. The number of aromatic amines is 1. The number of aryl methyl sites for hydroxylation is 1. The predicted octanol–water partition coefficient (Wildman–Crippen LogP) is 6.35. The summed E-state index contributed by atoms with van der Waals surface area (Å²) in [6.07, 6.45) is 1.37. The number of rotatable bonds is 8. The second-order valence-corrected chi connectivity index (χ2v) is 10.1. The summed E-state index contributed by atoms with van der Waals surface area (Å²) in [5.74, 6) is 2.17. The first-order valence-corrected chi connectivity index (χ1v) is 12.7. The number of H-pyrrole nitrogens is 1. The number of ketones is 1. The lowest BCUT2D eigenvalue weighted by Crippen LogP contribution is -2.37. The Morgan fingerprint density at radius 2 is 1.80 bits per heavy atom. The Bertz CT molecular complexity index is 1350. The minimum atomic E-state index is -0.115. The zero-order chi connectivity index (χ0) is 24.4. The third-order valence-corrected chi connectivity index (χ3v) is 7.08. The van der Waals surface area contributed by atoms with Gasteiger partial charge in [-0.05, 0) is 54.9 Å². The molecule has 0 spiro atoms. The van der Waals surface area contributed by atoms with Crippen molar-refractivity contribution in [2.75, 3.05) is 23.3 Å². The van der Waals surface area contributed by atoms with Gasteiger partial charge in [-0.2, -0.15) is 5.10 Å². The molecule has 1 aliphatic rings. The van der Waals surface area contributed by atoms with Gasteiger partial charge in [0.2, 0.25) is 0 Å². The number of carbonyl (C=O) groups excluding carboxylic acids is 1. The number of nitrogens with one attached hydrogen (secondary N) is 2. The van der Waals surface area contributed by atoms with Crippen molar-refractivity contribution >= 4 is 58.2 Å². The summed E-state index contributed by atoms with van der Waals surface area (Å²) in [4.78, 5) is 25.4. The number of nitrogens with zero attached hydrogens (tertiary/aromatic N) is 4. The fourth-order valence-corrected chi connectivity index (χ4v) is 5.04. The predicted molar refractivity (Wildman–Crippen MR) is 141 cm³/mol. The molecule has 4 aromatic rings. The SMILES string of the molecule is Cc1cc(Nc2cc(N3CCC3)nc(Sc3ccc(CC(=O)c4c(Cl)cccc4Cl)cc3)n2)n[nH]1. The molecule has 1 saturated heterocycles. The summed E-state index contributed by atoms with van der Waals surface area (Å²) in [5, 5.41) is 11.8. The number of Topliss-reactive ketones (excluding diaryl/α,β-unsaturated/α-hetero) is 1. The molecule has 0 aliphatic carbocycles. The average molecular weight is 525 g/mol. The molecule has 0 atom stereocenters. The van der Waals surface area contributed by atoms with Gasteiger partial charge in [0.15, 0.2) is 16.8 Å². The standard InChI is InChI=1S/C25H22Cl2N6OS/c1-15-12-22(32-31-15)28-21-14-23(33-10-3-11-33)30-25(29-21)35-17-8-6-16(7-9-17)13-20(34)24-18(26)4-2-5-19(24)27/h2,4-9,12,14H,3,10-11,13H2,1H3,(H2,28,29,30,31,32). The minimum absolute atomic E-state index is 0.115. The Labute approximate surface area is 217 Å². The Morgan fingerprint density at radius 3 is 2.43 bits per heavy atom. The Hall–Kier alpha value is -3.07. The largest absolute Gasteiger partial charge is 0.356 e. The van der Waals surface area contributed by atoms with E-state index in [-0.39, 0.29) is 12.2 Å². The maximum Gasteiger partial charge on any atom is 0.196 e. The number of halogens is 2. The normalized spacial score (nSPS) is 12.9. The molecule has 178 valence electrons. The fraction of sp³-hybridized carbons (Fsp3) is 0.200. The van der Waals surface area contributed by atoms with Crippen molar-refractivity contribution in [1.82, 2.24) is 20.2 Å². The van der Waals surface area contributed by atoms with Crippen molar-refractivity contribution in [3.8, 4) is 0 Å². The van der Waals surface area contributed by atoms with E-state index in [1.165, 1.54) is 11.8 Å². The summed E-state index contributed by atoms with van der Waals surface area (Å²) < 4.78 is 0. The number of carbonyl (C=O) groups is 1. The molecular weight excluding hydrogens is 503 g/mol. The summed E-state index contributed by atoms with van der Waals surface area (Å²) in [5.41, 5.74) is 2.20. The van der Waals surface area contributed by atoms with Crippen LogP contribution in [-0.4, -0.2) is 39.0 Å². The zero-order valence-electron chi connectivity index (χ0n) is 18.9. The topological polar surface area (TPSA) is 86.8 Å².